The van der Waals surface area contributed by atoms with Crippen molar-refractivity contribution in [2.45, 2.75) is 5.75 Å². The van der Waals surface area contributed by atoms with Crippen molar-refractivity contribution in [3.8, 4) is 11.1 Å². The van der Waals surface area contributed by atoms with Gasteiger partial charge in [0.05, 0.1) is 11.9 Å². The van der Waals surface area contributed by atoms with Crippen molar-refractivity contribution in [3.63, 3.8) is 0 Å². The van der Waals surface area contributed by atoms with E-state index in [-0.39, 0.29) is 5.75 Å². The molecule has 4 nitrogen and oxygen atoms in total. The van der Waals surface area contributed by atoms with Crippen LogP contribution in [0.2, 0.25) is 5.02 Å². The van der Waals surface area contributed by atoms with Crippen molar-refractivity contribution in [2.75, 3.05) is 0 Å². The summed E-state index contributed by atoms with van der Waals surface area (Å²) in [5.41, 5.74) is 2.51. The molecule has 1 aromatic heterocycles. The summed E-state index contributed by atoms with van der Waals surface area (Å²) < 4.78 is 19.5. The van der Waals surface area contributed by atoms with Crippen LogP contribution in [0.5, 0.6) is 0 Å². The fraction of sp³-hybridized carbons (Fsp3) is 0.100. The first-order chi connectivity index (χ1) is 7.66. The molecular formula is C10H9ClN2O2S. The molecule has 1 aromatic carbocycles. The SMILES string of the molecule is O=S(O)Cc1ccc(-c2cn[nH]c2)cc1Cl. The van der Waals surface area contributed by atoms with Crippen LogP contribution >= 0.6 is 11.6 Å². The zero-order valence-corrected chi connectivity index (χ0v) is 9.76. The average Bonchev–Trinajstić information content (AvgIpc) is 2.73. The molecule has 0 bridgehead atoms. The predicted molar refractivity (Wildman–Crippen MR) is 63.5 cm³/mol. The highest BCUT2D eigenvalue weighted by Crippen LogP contribution is 2.25. The Morgan fingerprint density at radius 2 is 2.25 bits per heavy atom. The first kappa shape index (κ1) is 11.3. The molecule has 0 aliphatic heterocycles. The largest absolute Gasteiger partial charge is 0.306 e. The molecule has 6 heteroatoms. The quantitative estimate of drug-likeness (QED) is 0.829. The standard InChI is InChI=1S/C10H9ClN2O2S/c11-10-3-7(9-4-12-13-5-9)1-2-8(10)6-16(14)15/h1-5H,6H2,(H,12,13)(H,14,15). The van der Waals surface area contributed by atoms with Gasteiger partial charge in [-0.25, -0.2) is 4.21 Å². The van der Waals surface area contributed by atoms with E-state index in [1.165, 1.54) is 0 Å². The first-order valence-corrected chi connectivity index (χ1v) is 6.17. The highest BCUT2D eigenvalue weighted by molar-refractivity contribution is 7.78. The zero-order chi connectivity index (χ0) is 11.5. The van der Waals surface area contributed by atoms with Crippen LogP contribution in [0.25, 0.3) is 11.1 Å². The van der Waals surface area contributed by atoms with Crippen LogP contribution in [0.15, 0.2) is 30.6 Å². The highest BCUT2D eigenvalue weighted by Gasteiger charge is 2.06. The summed E-state index contributed by atoms with van der Waals surface area (Å²) in [7, 11) is 0. The number of aromatic nitrogens is 2. The molecule has 0 radical (unpaired) electrons. The third kappa shape index (κ3) is 2.49. The monoisotopic (exact) mass is 256 g/mol. The summed E-state index contributed by atoms with van der Waals surface area (Å²) in [6.45, 7) is 0. The fourth-order valence-corrected chi connectivity index (χ4v) is 2.23. The van der Waals surface area contributed by atoms with E-state index in [2.05, 4.69) is 10.2 Å². The number of nitrogens with zero attached hydrogens (tertiary/aromatic N) is 1. The van der Waals surface area contributed by atoms with Crippen LogP contribution < -0.4 is 0 Å². The lowest BCUT2D eigenvalue weighted by atomic mass is 10.1. The molecule has 84 valence electrons. The summed E-state index contributed by atoms with van der Waals surface area (Å²) in [6, 6.07) is 5.35. The minimum Gasteiger partial charge on any atom is -0.306 e. The average molecular weight is 257 g/mol. The minimum atomic E-state index is -1.87. The molecule has 0 saturated heterocycles. The number of H-pyrrole nitrogens is 1. The molecule has 0 saturated carbocycles. The van der Waals surface area contributed by atoms with Gasteiger partial charge >= 0.3 is 0 Å². The lowest BCUT2D eigenvalue weighted by molar-refractivity contribution is 0.563. The van der Waals surface area contributed by atoms with Gasteiger partial charge in [-0.15, -0.1) is 0 Å². The van der Waals surface area contributed by atoms with Gasteiger partial charge in [0.25, 0.3) is 0 Å². The lowest BCUT2D eigenvalue weighted by Gasteiger charge is -2.03. The van der Waals surface area contributed by atoms with Gasteiger partial charge in [-0.3, -0.25) is 5.10 Å². The number of hydrogen-bond acceptors (Lipinski definition) is 2. The molecule has 0 aliphatic carbocycles. The second-order valence-corrected chi connectivity index (χ2v) is 4.60. The zero-order valence-electron chi connectivity index (χ0n) is 8.18. The number of halogens is 1. The van der Waals surface area contributed by atoms with E-state index >= 15 is 0 Å². The summed E-state index contributed by atoms with van der Waals surface area (Å²) in [5.74, 6) is 0.0461. The van der Waals surface area contributed by atoms with Crippen molar-refractivity contribution >= 4 is 22.7 Å². The summed E-state index contributed by atoms with van der Waals surface area (Å²) in [4.78, 5) is 0. The van der Waals surface area contributed by atoms with Crippen molar-refractivity contribution in [2.24, 2.45) is 0 Å². The number of rotatable bonds is 3. The van der Waals surface area contributed by atoms with Gasteiger partial charge in [-0.1, -0.05) is 23.7 Å². The number of aromatic amines is 1. The second-order valence-electron chi connectivity index (χ2n) is 3.26. The Kier molecular flexibility index (Phi) is 3.38. The van der Waals surface area contributed by atoms with Crippen LogP contribution in [0.1, 0.15) is 5.56 Å². The van der Waals surface area contributed by atoms with Gasteiger partial charge in [-0.2, -0.15) is 5.10 Å². The molecule has 16 heavy (non-hydrogen) atoms. The van der Waals surface area contributed by atoms with Crippen LogP contribution in [-0.2, 0) is 16.8 Å². The second kappa shape index (κ2) is 4.78. The third-order valence-corrected chi connectivity index (χ3v) is 3.07. The number of nitrogens with one attached hydrogen (secondary N) is 1. The lowest BCUT2D eigenvalue weighted by Crippen LogP contribution is -1.94. The van der Waals surface area contributed by atoms with Gasteiger partial charge < -0.3 is 4.55 Å². The molecule has 0 amide bonds. The maximum Gasteiger partial charge on any atom is 0.157 e. The summed E-state index contributed by atoms with van der Waals surface area (Å²) in [5, 5.41) is 7.04. The van der Waals surface area contributed by atoms with E-state index in [1.807, 2.05) is 6.07 Å². The smallest absolute Gasteiger partial charge is 0.157 e. The van der Waals surface area contributed by atoms with Crippen LogP contribution in [0.3, 0.4) is 0 Å². The van der Waals surface area contributed by atoms with Crippen LogP contribution in [0, 0.1) is 0 Å². The third-order valence-electron chi connectivity index (χ3n) is 2.16. The summed E-state index contributed by atoms with van der Waals surface area (Å²) >= 11 is 4.14. The van der Waals surface area contributed by atoms with Gasteiger partial charge in [0, 0.05) is 16.8 Å². The molecule has 1 atom stereocenters. The molecule has 2 aromatic rings. The molecule has 1 unspecified atom stereocenters. The van der Waals surface area contributed by atoms with Crippen molar-refractivity contribution in [1.82, 2.24) is 10.2 Å². The highest BCUT2D eigenvalue weighted by atomic mass is 35.5. The Morgan fingerprint density at radius 3 is 2.81 bits per heavy atom. The van der Waals surface area contributed by atoms with Crippen molar-refractivity contribution in [1.29, 1.82) is 0 Å². The van der Waals surface area contributed by atoms with Crippen molar-refractivity contribution < 1.29 is 8.76 Å². The molecule has 2 rings (SSSR count). The molecule has 1 heterocycles. The van der Waals surface area contributed by atoms with E-state index < -0.39 is 11.1 Å². The van der Waals surface area contributed by atoms with Crippen LogP contribution in [-0.4, -0.2) is 19.0 Å². The maximum atomic E-state index is 10.7. The Hall–Kier alpha value is -1.17. The van der Waals surface area contributed by atoms with E-state index in [9.17, 15) is 4.21 Å². The minimum absolute atomic E-state index is 0.0461. The number of benzene rings is 1. The van der Waals surface area contributed by atoms with E-state index in [0.29, 0.717) is 10.6 Å². The van der Waals surface area contributed by atoms with Crippen LogP contribution in [0.4, 0.5) is 0 Å². The normalized spacial score (nSPS) is 12.6. The van der Waals surface area contributed by atoms with Gasteiger partial charge in [0.1, 0.15) is 0 Å². The Balaban J connectivity index is 2.33. The maximum absolute atomic E-state index is 10.7. The molecule has 0 spiro atoms. The van der Waals surface area contributed by atoms with Crippen molar-refractivity contribution in [3.05, 3.63) is 41.2 Å². The van der Waals surface area contributed by atoms with Gasteiger partial charge in [-0.05, 0) is 17.2 Å². The van der Waals surface area contributed by atoms with Gasteiger partial charge in [0.2, 0.25) is 0 Å². The Morgan fingerprint density at radius 1 is 1.44 bits per heavy atom. The van der Waals surface area contributed by atoms with E-state index in [4.69, 9.17) is 16.2 Å². The van der Waals surface area contributed by atoms with E-state index in [0.717, 1.165) is 11.1 Å². The van der Waals surface area contributed by atoms with Gasteiger partial charge in [0.15, 0.2) is 11.1 Å². The number of hydrogen-bond donors (Lipinski definition) is 2. The van der Waals surface area contributed by atoms with E-state index in [1.54, 1.807) is 24.5 Å². The molecule has 0 aliphatic rings. The predicted octanol–water partition coefficient (Wildman–Crippen LogP) is 2.45. The molecular weight excluding hydrogens is 248 g/mol. The molecule has 0 fully saturated rings. The topological polar surface area (TPSA) is 66.0 Å². The fourth-order valence-electron chi connectivity index (χ4n) is 1.39. The molecule has 2 N–H and O–H groups in total. The Bertz CT molecular complexity index is 514. The summed E-state index contributed by atoms with van der Waals surface area (Å²) in [6.07, 6.45) is 3.45. The first-order valence-electron chi connectivity index (χ1n) is 4.52. The Labute approximate surface area is 99.9 Å².